The number of para-hydroxylation sites is 1. The van der Waals surface area contributed by atoms with Crippen LogP contribution in [0.25, 0.3) is 11.9 Å². The molecule has 1 aliphatic heterocycles. The number of hydrogen-bond donors (Lipinski definition) is 1. The third-order valence-electron chi connectivity index (χ3n) is 3.92. The van der Waals surface area contributed by atoms with Crippen molar-refractivity contribution < 1.29 is 9.53 Å². The topological polar surface area (TPSA) is 69.0 Å². The zero-order chi connectivity index (χ0) is 17.1. The fourth-order valence-electron chi connectivity index (χ4n) is 2.60. The molecule has 0 saturated carbocycles. The fourth-order valence-corrected chi connectivity index (χ4v) is 2.60. The number of carbonyl (C=O) groups is 1. The monoisotopic (exact) mass is 332 g/mol. The van der Waals surface area contributed by atoms with Crippen LogP contribution in [0.3, 0.4) is 0 Å². The molecule has 1 aromatic carbocycles. The summed E-state index contributed by atoms with van der Waals surface area (Å²) in [6.07, 6.45) is 7.14. The standard InChI is InChI=1S/C19H16N4O2/c24-19(16-10-15-4-1-2-5-17(15)25-13-16)21-12-14-6-7-18(20-11-14)23-9-3-8-22-23/h1-11H,12-13H2,(H,21,24). The summed E-state index contributed by atoms with van der Waals surface area (Å²) in [7, 11) is 0. The second kappa shape index (κ2) is 6.60. The van der Waals surface area contributed by atoms with E-state index in [4.69, 9.17) is 4.74 Å². The molecule has 0 atom stereocenters. The first kappa shape index (κ1) is 15.1. The molecule has 2 aromatic heterocycles. The van der Waals surface area contributed by atoms with Crippen molar-refractivity contribution in [3.8, 4) is 11.6 Å². The van der Waals surface area contributed by atoms with Crippen molar-refractivity contribution in [1.82, 2.24) is 20.1 Å². The minimum Gasteiger partial charge on any atom is -0.488 e. The number of pyridine rings is 1. The van der Waals surface area contributed by atoms with Crippen molar-refractivity contribution in [2.24, 2.45) is 0 Å². The van der Waals surface area contributed by atoms with Crippen LogP contribution in [0.1, 0.15) is 11.1 Å². The Hall–Kier alpha value is -3.41. The van der Waals surface area contributed by atoms with Gasteiger partial charge in [0.1, 0.15) is 12.4 Å². The number of amides is 1. The van der Waals surface area contributed by atoms with E-state index in [1.165, 1.54) is 0 Å². The Morgan fingerprint density at radius 2 is 2.12 bits per heavy atom. The van der Waals surface area contributed by atoms with Gasteiger partial charge in [-0.15, -0.1) is 0 Å². The Morgan fingerprint density at radius 1 is 1.20 bits per heavy atom. The maximum absolute atomic E-state index is 12.3. The molecular weight excluding hydrogens is 316 g/mol. The summed E-state index contributed by atoms with van der Waals surface area (Å²) < 4.78 is 7.30. The van der Waals surface area contributed by atoms with Crippen molar-refractivity contribution >= 4 is 12.0 Å². The molecule has 0 fully saturated rings. The van der Waals surface area contributed by atoms with E-state index in [1.54, 1.807) is 17.1 Å². The lowest BCUT2D eigenvalue weighted by molar-refractivity contribution is -0.117. The molecule has 124 valence electrons. The van der Waals surface area contributed by atoms with Gasteiger partial charge in [0.05, 0.1) is 5.57 Å². The molecule has 25 heavy (non-hydrogen) atoms. The highest BCUT2D eigenvalue weighted by Gasteiger charge is 2.16. The highest BCUT2D eigenvalue weighted by atomic mass is 16.5. The molecular formula is C19H16N4O2. The van der Waals surface area contributed by atoms with Gasteiger partial charge in [0.25, 0.3) is 5.91 Å². The normalized spacial score (nSPS) is 12.7. The smallest absolute Gasteiger partial charge is 0.250 e. The van der Waals surface area contributed by atoms with E-state index in [0.717, 1.165) is 22.7 Å². The van der Waals surface area contributed by atoms with Gasteiger partial charge in [-0.05, 0) is 29.8 Å². The molecule has 0 radical (unpaired) electrons. The van der Waals surface area contributed by atoms with Crippen LogP contribution in [-0.2, 0) is 11.3 Å². The van der Waals surface area contributed by atoms with Crippen LogP contribution in [0.15, 0.2) is 66.6 Å². The molecule has 1 N–H and O–H groups in total. The van der Waals surface area contributed by atoms with E-state index in [0.29, 0.717) is 12.1 Å². The average molecular weight is 332 g/mol. The maximum Gasteiger partial charge on any atom is 0.250 e. The summed E-state index contributed by atoms with van der Waals surface area (Å²) in [5.41, 5.74) is 2.45. The van der Waals surface area contributed by atoms with Crippen LogP contribution in [0.2, 0.25) is 0 Å². The molecule has 0 unspecified atom stereocenters. The number of nitrogens with one attached hydrogen (secondary N) is 1. The number of rotatable bonds is 4. The van der Waals surface area contributed by atoms with Crippen molar-refractivity contribution in [3.63, 3.8) is 0 Å². The Balaban J connectivity index is 1.40. The molecule has 0 spiro atoms. The van der Waals surface area contributed by atoms with Gasteiger partial charge in [-0.2, -0.15) is 5.10 Å². The molecule has 3 aromatic rings. The van der Waals surface area contributed by atoms with Crippen LogP contribution in [0, 0.1) is 0 Å². The molecule has 6 heteroatoms. The largest absolute Gasteiger partial charge is 0.488 e. The average Bonchev–Trinajstić information content (AvgIpc) is 3.21. The summed E-state index contributed by atoms with van der Waals surface area (Å²) in [6, 6.07) is 13.3. The van der Waals surface area contributed by atoms with Gasteiger partial charge in [-0.3, -0.25) is 4.79 Å². The summed E-state index contributed by atoms with van der Waals surface area (Å²) >= 11 is 0. The second-order valence-corrected chi connectivity index (χ2v) is 5.65. The van der Waals surface area contributed by atoms with Crippen molar-refractivity contribution in [2.45, 2.75) is 6.54 Å². The van der Waals surface area contributed by atoms with Gasteiger partial charge in [0, 0.05) is 30.7 Å². The number of carbonyl (C=O) groups excluding carboxylic acids is 1. The van der Waals surface area contributed by atoms with E-state index in [2.05, 4.69) is 15.4 Å². The number of nitrogens with zero attached hydrogens (tertiary/aromatic N) is 3. The van der Waals surface area contributed by atoms with E-state index >= 15 is 0 Å². The third kappa shape index (κ3) is 3.28. The SMILES string of the molecule is O=C(NCc1ccc(-n2cccn2)nc1)C1=Cc2ccccc2OC1. The number of fused-ring (bicyclic) bond motifs is 1. The van der Waals surface area contributed by atoms with E-state index in [-0.39, 0.29) is 12.5 Å². The van der Waals surface area contributed by atoms with Crippen LogP contribution < -0.4 is 10.1 Å². The minimum absolute atomic E-state index is 0.134. The van der Waals surface area contributed by atoms with Gasteiger partial charge < -0.3 is 10.1 Å². The zero-order valence-corrected chi connectivity index (χ0v) is 13.4. The summed E-state index contributed by atoms with van der Waals surface area (Å²) in [6.45, 7) is 0.684. The zero-order valence-electron chi connectivity index (χ0n) is 13.4. The van der Waals surface area contributed by atoms with Crippen LogP contribution in [-0.4, -0.2) is 27.3 Å². The summed E-state index contributed by atoms with van der Waals surface area (Å²) in [5, 5.41) is 7.04. The molecule has 1 amide bonds. The van der Waals surface area contributed by atoms with Crippen LogP contribution >= 0.6 is 0 Å². The maximum atomic E-state index is 12.3. The molecule has 1 aliphatic rings. The highest BCUT2D eigenvalue weighted by Crippen LogP contribution is 2.25. The van der Waals surface area contributed by atoms with Gasteiger partial charge in [-0.25, -0.2) is 9.67 Å². The predicted octanol–water partition coefficient (Wildman–Crippen LogP) is 2.36. The number of aromatic nitrogens is 3. The number of benzene rings is 1. The fraction of sp³-hybridized carbons (Fsp3) is 0.105. The van der Waals surface area contributed by atoms with Crippen LogP contribution in [0.5, 0.6) is 5.75 Å². The lowest BCUT2D eigenvalue weighted by Crippen LogP contribution is -2.28. The number of ether oxygens (including phenoxy) is 1. The van der Waals surface area contributed by atoms with Gasteiger partial charge >= 0.3 is 0 Å². The van der Waals surface area contributed by atoms with Gasteiger partial charge in [0.15, 0.2) is 5.82 Å². The quantitative estimate of drug-likeness (QED) is 0.796. The van der Waals surface area contributed by atoms with Crippen molar-refractivity contribution in [1.29, 1.82) is 0 Å². The third-order valence-corrected chi connectivity index (χ3v) is 3.92. The van der Waals surface area contributed by atoms with Crippen molar-refractivity contribution in [2.75, 3.05) is 6.61 Å². The second-order valence-electron chi connectivity index (χ2n) is 5.65. The van der Waals surface area contributed by atoms with Crippen molar-refractivity contribution in [3.05, 3.63) is 77.8 Å². The lowest BCUT2D eigenvalue weighted by Gasteiger charge is -2.17. The predicted molar refractivity (Wildman–Crippen MR) is 93.1 cm³/mol. The first-order valence-electron chi connectivity index (χ1n) is 7.95. The highest BCUT2D eigenvalue weighted by molar-refractivity contribution is 5.99. The van der Waals surface area contributed by atoms with Gasteiger partial charge in [-0.1, -0.05) is 24.3 Å². The Bertz CT molecular complexity index is 915. The first-order valence-corrected chi connectivity index (χ1v) is 7.95. The minimum atomic E-state index is -0.134. The first-order chi connectivity index (χ1) is 12.3. The summed E-state index contributed by atoms with van der Waals surface area (Å²) in [4.78, 5) is 16.7. The van der Waals surface area contributed by atoms with Gasteiger partial charge in [0.2, 0.25) is 0 Å². The summed E-state index contributed by atoms with van der Waals surface area (Å²) in [5.74, 6) is 1.41. The van der Waals surface area contributed by atoms with Crippen LogP contribution in [0.4, 0.5) is 0 Å². The Labute approximate surface area is 144 Å². The number of hydrogen-bond acceptors (Lipinski definition) is 4. The lowest BCUT2D eigenvalue weighted by atomic mass is 10.1. The molecule has 4 rings (SSSR count). The Kier molecular flexibility index (Phi) is 4.00. The van der Waals surface area contributed by atoms with E-state index < -0.39 is 0 Å². The van der Waals surface area contributed by atoms with E-state index in [9.17, 15) is 4.79 Å². The van der Waals surface area contributed by atoms with E-state index in [1.807, 2.05) is 54.7 Å². The molecule has 3 heterocycles. The molecule has 0 aliphatic carbocycles. The molecule has 0 saturated heterocycles. The molecule has 0 bridgehead atoms. The Morgan fingerprint density at radius 3 is 2.92 bits per heavy atom. The molecule has 6 nitrogen and oxygen atoms in total.